The molecule has 3 rings (SSSR count). The normalized spacial score (nSPS) is 11.2. The van der Waals surface area contributed by atoms with Gasteiger partial charge in [0.1, 0.15) is 0 Å². The van der Waals surface area contributed by atoms with Gasteiger partial charge in [-0.1, -0.05) is 29.8 Å². The first-order valence-electron chi connectivity index (χ1n) is 8.48. The number of halogens is 1. The van der Waals surface area contributed by atoms with Crippen molar-refractivity contribution >= 4 is 40.2 Å². The van der Waals surface area contributed by atoms with E-state index in [9.17, 15) is 9.90 Å². The first kappa shape index (κ1) is 18.8. The summed E-state index contributed by atoms with van der Waals surface area (Å²) in [5.74, 6) is -0.949. The van der Waals surface area contributed by atoms with Crippen LogP contribution < -0.4 is 5.73 Å². The average molecular weight is 389 g/mol. The SMILES string of the molecule is CSc1ccccc1-c1[nH]c2c(Cl)ccc(C(=O)O)c2c1CCCCN. The third-order valence-electron chi connectivity index (χ3n) is 4.50. The van der Waals surface area contributed by atoms with Gasteiger partial charge in [0.15, 0.2) is 0 Å². The van der Waals surface area contributed by atoms with Crippen molar-refractivity contribution in [1.29, 1.82) is 0 Å². The van der Waals surface area contributed by atoms with E-state index in [4.69, 9.17) is 17.3 Å². The molecule has 1 heterocycles. The van der Waals surface area contributed by atoms with Crippen molar-refractivity contribution in [2.45, 2.75) is 24.2 Å². The summed E-state index contributed by atoms with van der Waals surface area (Å²) in [4.78, 5) is 16.3. The van der Waals surface area contributed by atoms with Gasteiger partial charge in [-0.3, -0.25) is 0 Å². The lowest BCUT2D eigenvalue weighted by molar-refractivity contribution is 0.0699. The Balaban J connectivity index is 2.31. The number of hydrogen-bond donors (Lipinski definition) is 3. The maximum Gasteiger partial charge on any atom is 0.336 e. The molecule has 0 spiro atoms. The molecule has 0 aliphatic heterocycles. The Kier molecular flexibility index (Phi) is 5.91. The zero-order valence-corrected chi connectivity index (χ0v) is 16.1. The van der Waals surface area contributed by atoms with Crippen molar-refractivity contribution in [3.8, 4) is 11.3 Å². The second-order valence-corrected chi connectivity index (χ2v) is 7.33. The van der Waals surface area contributed by atoms with Crippen molar-refractivity contribution in [3.63, 3.8) is 0 Å². The first-order valence-corrected chi connectivity index (χ1v) is 10.1. The number of aromatic carboxylic acids is 1. The van der Waals surface area contributed by atoms with Crippen molar-refractivity contribution in [1.82, 2.24) is 4.98 Å². The highest BCUT2D eigenvalue weighted by atomic mass is 35.5. The molecular weight excluding hydrogens is 368 g/mol. The van der Waals surface area contributed by atoms with Crippen LogP contribution in [0.15, 0.2) is 41.3 Å². The zero-order chi connectivity index (χ0) is 18.7. The summed E-state index contributed by atoms with van der Waals surface area (Å²) >= 11 is 8.05. The average Bonchev–Trinajstić information content (AvgIpc) is 3.02. The molecule has 0 unspecified atom stereocenters. The van der Waals surface area contributed by atoms with Gasteiger partial charge in [0.25, 0.3) is 0 Å². The molecular formula is C20H21ClN2O2S. The lowest BCUT2D eigenvalue weighted by Gasteiger charge is -2.09. The van der Waals surface area contributed by atoms with Gasteiger partial charge in [-0.25, -0.2) is 4.79 Å². The molecule has 0 saturated heterocycles. The Labute approximate surface area is 161 Å². The fourth-order valence-electron chi connectivity index (χ4n) is 3.29. The third kappa shape index (κ3) is 3.47. The molecule has 0 radical (unpaired) electrons. The smallest absolute Gasteiger partial charge is 0.336 e. The Bertz CT molecular complexity index is 952. The predicted octanol–water partition coefficient (Wildman–Crippen LogP) is 5.19. The number of hydrogen-bond acceptors (Lipinski definition) is 3. The Morgan fingerprint density at radius 2 is 2.00 bits per heavy atom. The van der Waals surface area contributed by atoms with Crippen LogP contribution in [0.2, 0.25) is 5.02 Å². The number of fused-ring (bicyclic) bond motifs is 1. The van der Waals surface area contributed by atoms with Crippen molar-refractivity contribution in [2.75, 3.05) is 12.8 Å². The number of benzene rings is 2. The van der Waals surface area contributed by atoms with Gasteiger partial charge in [0, 0.05) is 15.8 Å². The van der Waals surface area contributed by atoms with Crippen LogP contribution in [0.25, 0.3) is 22.2 Å². The van der Waals surface area contributed by atoms with Crippen molar-refractivity contribution in [3.05, 3.63) is 52.5 Å². The van der Waals surface area contributed by atoms with E-state index >= 15 is 0 Å². The maximum absolute atomic E-state index is 11.8. The lowest BCUT2D eigenvalue weighted by atomic mass is 9.97. The van der Waals surface area contributed by atoms with Gasteiger partial charge in [-0.2, -0.15) is 0 Å². The predicted molar refractivity (Wildman–Crippen MR) is 109 cm³/mol. The summed E-state index contributed by atoms with van der Waals surface area (Å²) in [6.45, 7) is 0.617. The summed E-state index contributed by atoms with van der Waals surface area (Å²) in [7, 11) is 0. The van der Waals surface area contributed by atoms with E-state index in [1.54, 1.807) is 23.9 Å². The molecule has 1 aromatic heterocycles. The summed E-state index contributed by atoms with van der Waals surface area (Å²) in [6, 6.07) is 11.3. The number of carboxylic acid groups (broad SMARTS) is 1. The van der Waals surface area contributed by atoms with Gasteiger partial charge < -0.3 is 15.8 Å². The molecule has 0 aliphatic carbocycles. The minimum Gasteiger partial charge on any atom is -0.478 e. The van der Waals surface area contributed by atoms with E-state index < -0.39 is 5.97 Å². The van der Waals surface area contributed by atoms with Crippen molar-refractivity contribution < 1.29 is 9.90 Å². The second kappa shape index (κ2) is 8.16. The molecule has 4 nitrogen and oxygen atoms in total. The van der Waals surface area contributed by atoms with Gasteiger partial charge in [0.2, 0.25) is 0 Å². The maximum atomic E-state index is 11.8. The quantitative estimate of drug-likeness (QED) is 0.384. The minimum absolute atomic E-state index is 0.274. The molecule has 136 valence electrons. The van der Waals surface area contributed by atoms with Gasteiger partial charge in [-0.05, 0) is 55.8 Å². The molecule has 0 atom stereocenters. The van der Waals surface area contributed by atoms with Crippen LogP contribution in [0, 0.1) is 0 Å². The summed E-state index contributed by atoms with van der Waals surface area (Å²) < 4.78 is 0. The highest BCUT2D eigenvalue weighted by molar-refractivity contribution is 7.98. The molecule has 6 heteroatoms. The number of carboxylic acids is 1. The minimum atomic E-state index is -0.949. The molecule has 0 bridgehead atoms. The van der Waals surface area contributed by atoms with Crippen LogP contribution in [-0.4, -0.2) is 28.9 Å². The fourth-order valence-corrected chi connectivity index (χ4v) is 4.10. The monoisotopic (exact) mass is 388 g/mol. The summed E-state index contributed by atoms with van der Waals surface area (Å²) in [6.07, 6.45) is 4.56. The number of nitrogens with two attached hydrogens (primary N) is 1. The molecule has 0 aliphatic rings. The van der Waals surface area contributed by atoms with E-state index in [2.05, 4.69) is 17.1 Å². The first-order chi connectivity index (χ1) is 12.6. The van der Waals surface area contributed by atoms with Crippen LogP contribution in [-0.2, 0) is 6.42 Å². The number of thioether (sulfide) groups is 1. The van der Waals surface area contributed by atoms with Gasteiger partial charge in [-0.15, -0.1) is 11.8 Å². The van der Waals surface area contributed by atoms with Crippen molar-refractivity contribution in [2.24, 2.45) is 5.73 Å². The largest absolute Gasteiger partial charge is 0.478 e. The topological polar surface area (TPSA) is 79.1 Å². The Morgan fingerprint density at radius 3 is 2.69 bits per heavy atom. The molecule has 0 fully saturated rings. The van der Waals surface area contributed by atoms with Crippen LogP contribution >= 0.6 is 23.4 Å². The fraction of sp³-hybridized carbons (Fsp3) is 0.250. The number of aromatic amines is 1. The number of unbranched alkanes of at least 4 members (excludes halogenated alkanes) is 1. The highest BCUT2D eigenvalue weighted by Crippen LogP contribution is 2.39. The molecule has 2 aromatic carbocycles. The second-order valence-electron chi connectivity index (χ2n) is 6.07. The van der Waals surface area contributed by atoms with Gasteiger partial charge in [0.05, 0.1) is 21.8 Å². The Hall–Kier alpha value is -1.95. The molecule has 26 heavy (non-hydrogen) atoms. The lowest BCUT2D eigenvalue weighted by Crippen LogP contribution is -2.01. The van der Waals surface area contributed by atoms with Crippen LogP contribution in [0.3, 0.4) is 0 Å². The number of H-pyrrole nitrogens is 1. The summed E-state index contributed by atoms with van der Waals surface area (Å²) in [5.41, 5.74) is 9.61. The van der Waals surface area contributed by atoms with E-state index in [1.165, 1.54) is 0 Å². The number of nitrogens with one attached hydrogen (secondary N) is 1. The van der Waals surface area contributed by atoms with Crippen LogP contribution in [0.5, 0.6) is 0 Å². The molecule has 0 amide bonds. The van der Waals surface area contributed by atoms with Crippen LogP contribution in [0.1, 0.15) is 28.8 Å². The number of aromatic nitrogens is 1. The van der Waals surface area contributed by atoms with E-state index in [0.29, 0.717) is 22.5 Å². The zero-order valence-electron chi connectivity index (χ0n) is 14.5. The van der Waals surface area contributed by atoms with E-state index in [0.717, 1.165) is 41.0 Å². The number of carbonyl (C=O) groups is 1. The van der Waals surface area contributed by atoms with Crippen LogP contribution in [0.4, 0.5) is 0 Å². The van der Waals surface area contributed by atoms with Gasteiger partial charge >= 0.3 is 5.97 Å². The third-order valence-corrected chi connectivity index (χ3v) is 5.61. The van der Waals surface area contributed by atoms with E-state index in [-0.39, 0.29) is 5.56 Å². The number of rotatable bonds is 7. The number of aryl methyl sites for hydroxylation is 1. The molecule has 4 N–H and O–H groups in total. The Morgan fingerprint density at radius 1 is 1.23 bits per heavy atom. The highest BCUT2D eigenvalue weighted by Gasteiger charge is 2.21. The standard InChI is InChI=1S/C20H21ClN2O2S/c1-26-16-8-3-2-6-12(16)18-13(7-4-5-11-22)17-14(20(24)25)9-10-15(21)19(17)23-18/h2-3,6,8-10,23H,4-5,7,11,22H2,1H3,(H,24,25). The molecule has 3 aromatic rings. The summed E-state index contributed by atoms with van der Waals surface area (Å²) in [5, 5.41) is 10.9. The molecule has 0 saturated carbocycles. The van der Waals surface area contributed by atoms with E-state index in [1.807, 2.05) is 18.4 Å².